The Labute approximate surface area is 159 Å². The van der Waals surface area contributed by atoms with Crippen LogP contribution in [-0.4, -0.2) is 48.8 Å². The lowest BCUT2D eigenvalue weighted by atomic mass is 9.97. The molecule has 2 N–H and O–H groups in total. The Kier molecular flexibility index (Phi) is 6.04. The van der Waals surface area contributed by atoms with Gasteiger partial charge in [0.05, 0.1) is 16.1 Å². The van der Waals surface area contributed by atoms with E-state index in [1.165, 1.54) is 6.07 Å². The summed E-state index contributed by atoms with van der Waals surface area (Å²) in [6.45, 7) is 0.756. The average Bonchev–Trinajstić information content (AvgIpc) is 2.69. The van der Waals surface area contributed by atoms with E-state index in [1.54, 1.807) is 23.1 Å². The number of piperidine rings is 1. The molecule has 1 saturated heterocycles. The molecule has 1 aliphatic carbocycles. The molecule has 1 heterocycles. The Bertz CT molecular complexity index is 794. The third-order valence-corrected chi connectivity index (χ3v) is 7.80. The van der Waals surface area contributed by atoms with Crippen LogP contribution in [0.2, 0.25) is 0 Å². The standard InChI is InChI=1S/C19H26N2O5S/c22-18(23)14-9-11-21(12-10-14)19(24)20-15-5-4-8-17(13-15)27(25,26)16-6-2-1-3-7-16/h4-5,8,13-14,16H,1-3,6-7,9-12H2,(H,20,24)(H,22,23). The van der Waals surface area contributed by atoms with Crippen LogP contribution in [0.5, 0.6) is 0 Å². The van der Waals surface area contributed by atoms with Crippen LogP contribution in [0.15, 0.2) is 29.2 Å². The van der Waals surface area contributed by atoms with Gasteiger partial charge in [-0.2, -0.15) is 0 Å². The Hall–Kier alpha value is -2.09. The van der Waals surface area contributed by atoms with Gasteiger partial charge in [0.1, 0.15) is 0 Å². The maximum atomic E-state index is 12.8. The second-order valence-electron chi connectivity index (χ2n) is 7.36. The number of anilines is 1. The average molecular weight is 394 g/mol. The van der Waals surface area contributed by atoms with E-state index in [0.717, 1.165) is 19.3 Å². The smallest absolute Gasteiger partial charge is 0.321 e. The van der Waals surface area contributed by atoms with Gasteiger partial charge in [0, 0.05) is 18.8 Å². The fourth-order valence-electron chi connectivity index (χ4n) is 3.85. The van der Waals surface area contributed by atoms with E-state index in [2.05, 4.69) is 5.32 Å². The number of likely N-dealkylation sites (tertiary alicyclic amines) is 1. The van der Waals surface area contributed by atoms with E-state index < -0.39 is 21.7 Å². The normalized spacial score (nSPS) is 19.6. The SMILES string of the molecule is O=C(O)C1CCN(C(=O)Nc2cccc(S(=O)(=O)C3CCCCC3)c2)CC1. The minimum Gasteiger partial charge on any atom is -0.481 e. The second kappa shape index (κ2) is 8.29. The minimum atomic E-state index is -3.39. The van der Waals surface area contributed by atoms with Crippen molar-refractivity contribution in [3.63, 3.8) is 0 Å². The van der Waals surface area contributed by atoms with Crippen molar-refractivity contribution in [2.75, 3.05) is 18.4 Å². The molecule has 8 heteroatoms. The van der Waals surface area contributed by atoms with Gasteiger partial charge in [0.2, 0.25) is 0 Å². The van der Waals surface area contributed by atoms with Crippen LogP contribution in [0.1, 0.15) is 44.9 Å². The van der Waals surface area contributed by atoms with Crippen LogP contribution in [0.4, 0.5) is 10.5 Å². The summed E-state index contributed by atoms with van der Waals surface area (Å²) in [5.74, 6) is -1.23. The summed E-state index contributed by atoms with van der Waals surface area (Å²) >= 11 is 0. The summed E-state index contributed by atoms with van der Waals surface area (Å²) in [6.07, 6.45) is 5.20. The molecule has 2 fully saturated rings. The van der Waals surface area contributed by atoms with Crippen LogP contribution in [0.3, 0.4) is 0 Å². The highest BCUT2D eigenvalue weighted by Crippen LogP contribution is 2.29. The number of nitrogens with one attached hydrogen (secondary N) is 1. The number of carbonyl (C=O) groups is 2. The lowest BCUT2D eigenvalue weighted by Gasteiger charge is -2.30. The van der Waals surface area contributed by atoms with E-state index in [1.807, 2.05) is 0 Å². The van der Waals surface area contributed by atoms with Crippen molar-refractivity contribution in [1.29, 1.82) is 0 Å². The summed E-state index contributed by atoms with van der Waals surface area (Å²) in [6, 6.07) is 6.08. The molecular formula is C19H26N2O5S. The zero-order valence-corrected chi connectivity index (χ0v) is 16.1. The molecule has 0 atom stereocenters. The number of benzene rings is 1. The van der Waals surface area contributed by atoms with Crippen molar-refractivity contribution in [3.05, 3.63) is 24.3 Å². The van der Waals surface area contributed by atoms with Gasteiger partial charge in [-0.15, -0.1) is 0 Å². The van der Waals surface area contributed by atoms with E-state index in [-0.39, 0.29) is 16.2 Å². The molecule has 27 heavy (non-hydrogen) atoms. The summed E-state index contributed by atoms with van der Waals surface area (Å²) in [5, 5.41) is 11.4. The first-order valence-corrected chi connectivity index (χ1v) is 11.1. The van der Waals surface area contributed by atoms with Gasteiger partial charge in [-0.1, -0.05) is 25.3 Å². The molecule has 1 aliphatic heterocycles. The monoisotopic (exact) mass is 394 g/mol. The Morgan fingerprint density at radius 2 is 1.70 bits per heavy atom. The number of carboxylic acid groups (broad SMARTS) is 1. The van der Waals surface area contributed by atoms with Crippen LogP contribution < -0.4 is 5.32 Å². The van der Waals surface area contributed by atoms with E-state index in [4.69, 9.17) is 5.11 Å². The summed E-state index contributed by atoms with van der Waals surface area (Å²) in [4.78, 5) is 25.3. The van der Waals surface area contributed by atoms with Crippen molar-refractivity contribution in [3.8, 4) is 0 Å². The molecule has 1 saturated carbocycles. The van der Waals surface area contributed by atoms with Crippen molar-refractivity contribution >= 4 is 27.5 Å². The van der Waals surface area contributed by atoms with Crippen LogP contribution in [0.25, 0.3) is 0 Å². The Balaban J connectivity index is 1.65. The van der Waals surface area contributed by atoms with E-state index in [9.17, 15) is 18.0 Å². The quantitative estimate of drug-likeness (QED) is 0.816. The number of amides is 2. The molecule has 3 rings (SSSR count). The maximum absolute atomic E-state index is 12.8. The largest absolute Gasteiger partial charge is 0.481 e. The first-order chi connectivity index (χ1) is 12.9. The van der Waals surface area contributed by atoms with Gasteiger partial charge in [-0.3, -0.25) is 4.79 Å². The molecule has 0 unspecified atom stereocenters. The highest BCUT2D eigenvalue weighted by atomic mass is 32.2. The lowest BCUT2D eigenvalue weighted by Crippen LogP contribution is -2.42. The zero-order chi connectivity index (χ0) is 19.4. The molecule has 0 spiro atoms. The number of hydrogen-bond acceptors (Lipinski definition) is 4. The lowest BCUT2D eigenvalue weighted by molar-refractivity contribution is -0.143. The van der Waals surface area contributed by atoms with Gasteiger partial charge in [0.15, 0.2) is 9.84 Å². The van der Waals surface area contributed by atoms with Crippen LogP contribution >= 0.6 is 0 Å². The molecule has 1 aromatic carbocycles. The molecule has 0 radical (unpaired) electrons. The minimum absolute atomic E-state index is 0.247. The van der Waals surface area contributed by atoms with Crippen LogP contribution in [-0.2, 0) is 14.6 Å². The van der Waals surface area contributed by atoms with E-state index >= 15 is 0 Å². The van der Waals surface area contributed by atoms with Crippen molar-refractivity contribution in [2.24, 2.45) is 5.92 Å². The molecule has 7 nitrogen and oxygen atoms in total. The molecule has 148 valence electrons. The first kappa shape index (κ1) is 19.7. The maximum Gasteiger partial charge on any atom is 0.321 e. The van der Waals surface area contributed by atoms with Crippen LogP contribution in [0, 0.1) is 5.92 Å². The van der Waals surface area contributed by atoms with Crippen molar-refractivity contribution in [2.45, 2.75) is 55.1 Å². The van der Waals surface area contributed by atoms with Gasteiger partial charge >= 0.3 is 12.0 Å². The fourth-order valence-corrected chi connectivity index (χ4v) is 5.75. The summed E-state index contributed by atoms with van der Waals surface area (Å²) in [7, 11) is -3.39. The predicted molar refractivity (Wildman–Crippen MR) is 101 cm³/mol. The number of hydrogen-bond donors (Lipinski definition) is 2. The highest BCUT2D eigenvalue weighted by Gasteiger charge is 2.30. The molecular weight excluding hydrogens is 368 g/mol. The fraction of sp³-hybridized carbons (Fsp3) is 0.579. The topological polar surface area (TPSA) is 104 Å². The Morgan fingerprint density at radius 3 is 2.33 bits per heavy atom. The first-order valence-electron chi connectivity index (χ1n) is 9.50. The number of aliphatic carboxylic acids is 1. The summed E-state index contributed by atoms with van der Waals surface area (Å²) < 4.78 is 25.7. The number of sulfone groups is 1. The van der Waals surface area contributed by atoms with Crippen molar-refractivity contribution in [1.82, 2.24) is 4.90 Å². The number of carbonyl (C=O) groups excluding carboxylic acids is 1. The third kappa shape index (κ3) is 4.61. The van der Waals surface area contributed by atoms with E-state index in [0.29, 0.717) is 44.5 Å². The van der Waals surface area contributed by atoms with Gasteiger partial charge < -0.3 is 15.3 Å². The van der Waals surface area contributed by atoms with Gasteiger partial charge in [-0.25, -0.2) is 13.2 Å². The summed E-state index contributed by atoms with van der Waals surface area (Å²) in [5.41, 5.74) is 0.442. The highest BCUT2D eigenvalue weighted by molar-refractivity contribution is 7.92. The number of rotatable bonds is 4. The number of urea groups is 1. The second-order valence-corrected chi connectivity index (χ2v) is 9.59. The molecule has 2 amide bonds. The molecule has 2 aliphatic rings. The molecule has 0 bridgehead atoms. The third-order valence-electron chi connectivity index (χ3n) is 5.54. The van der Waals surface area contributed by atoms with Gasteiger partial charge in [0.25, 0.3) is 0 Å². The predicted octanol–water partition coefficient (Wildman–Crippen LogP) is 3.12. The van der Waals surface area contributed by atoms with Gasteiger partial charge in [-0.05, 0) is 43.9 Å². The number of carboxylic acids is 1. The number of nitrogens with zero attached hydrogens (tertiary/aromatic N) is 1. The zero-order valence-electron chi connectivity index (χ0n) is 15.3. The van der Waals surface area contributed by atoms with Crippen molar-refractivity contribution < 1.29 is 23.1 Å². The Morgan fingerprint density at radius 1 is 1.04 bits per heavy atom. The molecule has 0 aromatic heterocycles. The molecule has 1 aromatic rings.